The van der Waals surface area contributed by atoms with E-state index < -0.39 is 11.4 Å². The number of benzene rings is 1. The molecule has 0 radical (unpaired) electrons. The second-order valence-corrected chi connectivity index (χ2v) is 5.72. The maximum Gasteiger partial charge on any atom is 0.310 e. The molecule has 0 fully saturated rings. The molecule has 0 spiro atoms. The number of halogens is 1. The van der Waals surface area contributed by atoms with E-state index in [2.05, 4.69) is 10.8 Å². The number of rotatable bonds is 6. The van der Waals surface area contributed by atoms with E-state index in [9.17, 15) is 4.79 Å². The van der Waals surface area contributed by atoms with Gasteiger partial charge in [-0.05, 0) is 38.2 Å². The smallest absolute Gasteiger partial charge is 0.310 e. The van der Waals surface area contributed by atoms with E-state index >= 15 is 0 Å². The molecule has 0 aliphatic heterocycles. The van der Waals surface area contributed by atoms with Crippen LogP contribution in [-0.2, 0) is 4.79 Å². The molecular formula is C13H17ClN2O4S. The Hall–Kier alpha value is -1.73. The Morgan fingerprint density at radius 1 is 1.43 bits per heavy atom. The number of hydrogen-bond acceptors (Lipinski definition) is 4. The van der Waals surface area contributed by atoms with Gasteiger partial charge in [-0.2, -0.15) is 5.48 Å². The molecular weight excluding hydrogens is 316 g/mol. The van der Waals surface area contributed by atoms with Crippen molar-refractivity contribution < 1.29 is 19.5 Å². The highest BCUT2D eigenvalue weighted by atomic mass is 35.5. The zero-order valence-electron chi connectivity index (χ0n) is 11.9. The first kappa shape index (κ1) is 17.3. The van der Waals surface area contributed by atoms with Crippen molar-refractivity contribution in [2.45, 2.75) is 13.8 Å². The first-order valence-corrected chi connectivity index (χ1v) is 6.82. The zero-order chi connectivity index (χ0) is 16.0. The quantitative estimate of drug-likeness (QED) is 0.544. The SMILES string of the molecule is COc1ccc(Cl)cc1ONC(=S)NCC(C)(C)C(=O)O. The second kappa shape index (κ2) is 7.33. The molecule has 1 rings (SSSR count). The highest BCUT2D eigenvalue weighted by Crippen LogP contribution is 2.29. The van der Waals surface area contributed by atoms with Crippen molar-refractivity contribution in [2.24, 2.45) is 5.41 Å². The number of hydrogen-bond donors (Lipinski definition) is 3. The summed E-state index contributed by atoms with van der Waals surface area (Å²) in [5.74, 6) is -0.0672. The van der Waals surface area contributed by atoms with Gasteiger partial charge in [-0.25, -0.2) is 0 Å². The van der Waals surface area contributed by atoms with Gasteiger partial charge in [0.25, 0.3) is 0 Å². The number of methoxy groups -OCH3 is 1. The van der Waals surface area contributed by atoms with Crippen LogP contribution in [0.15, 0.2) is 18.2 Å². The van der Waals surface area contributed by atoms with Crippen LogP contribution in [0.2, 0.25) is 5.02 Å². The zero-order valence-corrected chi connectivity index (χ0v) is 13.5. The number of carbonyl (C=O) groups is 1. The maximum atomic E-state index is 11.0. The summed E-state index contributed by atoms with van der Waals surface area (Å²) in [6.07, 6.45) is 0. The van der Waals surface area contributed by atoms with Gasteiger partial charge in [-0.1, -0.05) is 11.6 Å². The number of hydroxylamine groups is 1. The average molecular weight is 333 g/mol. The molecule has 8 heteroatoms. The van der Waals surface area contributed by atoms with Crippen molar-refractivity contribution in [1.29, 1.82) is 0 Å². The summed E-state index contributed by atoms with van der Waals surface area (Å²) in [7, 11) is 1.50. The lowest BCUT2D eigenvalue weighted by Gasteiger charge is -2.21. The van der Waals surface area contributed by atoms with E-state index in [1.807, 2.05) is 0 Å². The fourth-order valence-corrected chi connectivity index (χ4v) is 1.52. The molecule has 0 aliphatic carbocycles. The van der Waals surface area contributed by atoms with Gasteiger partial charge >= 0.3 is 5.97 Å². The molecule has 0 bridgehead atoms. The predicted molar refractivity (Wildman–Crippen MR) is 83.8 cm³/mol. The molecule has 0 amide bonds. The standard InChI is InChI=1S/C13H17ClN2O4S/c1-13(2,11(17)18)7-15-12(21)16-20-10-6-8(14)4-5-9(10)19-3/h4-6H,7H2,1-3H3,(H,17,18)(H2,15,16,21). The second-order valence-electron chi connectivity index (χ2n) is 4.87. The van der Waals surface area contributed by atoms with Crippen molar-refractivity contribution >= 4 is 34.9 Å². The van der Waals surface area contributed by atoms with Gasteiger partial charge in [0.2, 0.25) is 0 Å². The Kier molecular flexibility index (Phi) is 6.04. The van der Waals surface area contributed by atoms with E-state index in [1.54, 1.807) is 32.0 Å². The van der Waals surface area contributed by atoms with Crippen LogP contribution in [0.1, 0.15) is 13.8 Å². The molecule has 0 aromatic heterocycles. The summed E-state index contributed by atoms with van der Waals surface area (Å²) < 4.78 is 5.11. The van der Waals surface area contributed by atoms with Gasteiger partial charge in [0.15, 0.2) is 16.6 Å². The lowest BCUT2D eigenvalue weighted by Crippen LogP contribution is -2.44. The number of ether oxygens (including phenoxy) is 1. The minimum Gasteiger partial charge on any atom is -0.493 e. The number of nitrogens with one attached hydrogen (secondary N) is 2. The van der Waals surface area contributed by atoms with E-state index in [0.29, 0.717) is 16.5 Å². The minimum atomic E-state index is -0.945. The highest BCUT2D eigenvalue weighted by molar-refractivity contribution is 7.80. The number of thiocarbonyl (C=S) groups is 1. The van der Waals surface area contributed by atoms with Crippen LogP contribution in [0, 0.1) is 5.41 Å². The van der Waals surface area contributed by atoms with Crippen LogP contribution in [0.25, 0.3) is 0 Å². The molecule has 0 saturated carbocycles. The number of carboxylic acid groups (broad SMARTS) is 1. The summed E-state index contributed by atoms with van der Waals surface area (Å²) >= 11 is 10.9. The third-order valence-electron chi connectivity index (χ3n) is 2.65. The van der Waals surface area contributed by atoms with E-state index in [-0.39, 0.29) is 11.7 Å². The summed E-state index contributed by atoms with van der Waals surface area (Å²) in [4.78, 5) is 16.3. The van der Waals surface area contributed by atoms with E-state index in [0.717, 1.165) is 0 Å². The Labute approximate surface area is 133 Å². The molecule has 21 heavy (non-hydrogen) atoms. The first-order valence-electron chi connectivity index (χ1n) is 6.04. The van der Waals surface area contributed by atoms with Gasteiger partial charge in [0, 0.05) is 17.6 Å². The Morgan fingerprint density at radius 2 is 2.10 bits per heavy atom. The Bertz CT molecular complexity index is 537. The van der Waals surface area contributed by atoms with Crippen LogP contribution in [0.3, 0.4) is 0 Å². The van der Waals surface area contributed by atoms with Crippen molar-refractivity contribution in [3.63, 3.8) is 0 Å². The molecule has 0 atom stereocenters. The predicted octanol–water partition coefficient (Wildman–Crippen LogP) is 2.22. The maximum absolute atomic E-state index is 11.0. The van der Waals surface area contributed by atoms with Crippen molar-refractivity contribution in [2.75, 3.05) is 13.7 Å². The van der Waals surface area contributed by atoms with Crippen LogP contribution < -0.4 is 20.4 Å². The molecule has 0 heterocycles. The van der Waals surface area contributed by atoms with Crippen molar-refractivity contribution in [3.05, 3.63) is 23.2 Å². The summed E-state index contributed by atoms with van der Waals surface area (Å²) in [5, 5.41) is 12.4. The topological polar surface area (TPSA) is 79.8 Å². The van der Waals surface area contributed by atoms with Crippen LogP contribution in [0.4, 0.5) is 0 Å². The first-order chi connectivity index (χ1) is 9.76. The average Bonchev–Trinajstić information content (AvgIpc) is 2.43. The summed E-state index contributed by atoms with van der Waals surface area (Å²) in [6, 6.07) is 4.89. The van der Waals surface area contributed by atoms with Crippen molar-refractivity contribution in [1.82, 2.24) is 10.8 Å². The molecule has 116 valence electrons. The molecule has 0 aliphatic rings. The lowest BCUT2D eigenvalue weighted by atomic mass is 9.94. The normalized spacial score (nSPS) is 10.7. The largest absolute Gasteiger partial charge is 0.493 e. The van der Waals surface area contributed by atoms with Gasteiger partial charge in [-0.15, -0.1) is 0 Å². The fourth-order valence-electron chi connectivity index (χ4n) is 1.24. The van der Waals surface area contributed by atoms with Crippen LogP contribution in [0.5, 0.6) is 11.5 Å². The molecule has 0 unspecified atom stereocenters. The third-order valence-corrected chi connectivity index (χ3v) is 3.11. The third kappa shape index (κ3) is 5.28. The van der Waals surface area contributed by atoms with Crippen LogP contribution in [-0.4, -0.2) is 29.8 Å². The molecule has 1 aromatic rings. The fraction of sp³-hybridized carbons (Fsp3) is 0.385. The van der Waals surface area contributed by atoms with Gasteiger partial charge in [0.05, 0.1) is 12.5 Å². The van der Waals surface area contributed by atoms with E-state index in [4.69, 9.17) is 38.5 Å². The summed E-state index contributed by atoms with van der Waals surface area (Å²) in [5.41, 5.74) is 1.56. The number of carboxylic acids is 1. The highest BCUT2D eigenvalue weighted by Gasteiger charge is 2.27. The number of aliphatic carboxylic acids is 1. The minimum absolute atomic E-state index is 0.157. The Balaban J connectivity index is 2.54. The van der Waals surface area contributed by atoms with Gasteiger partial charge < -0.3 is 20.0 Å². The van der Waals surface area contributed by atoms with E-state index in [1.165, 1.54) is 7.11 Å². The molecule has 3 N–H and O–H groups in total. The van der Waals surface area contributed by atoms with Gasteiger partial charge in [-0.3, -0.25) is 4.79 Å². The lowest BCUT2D eigenvalue weighted by molar-refractivity contribution is -0.146. The molecule has 6 nitrogen and oxygen atoms in total. The summed E-state index contributed by atoms with van der Waals surface area (Å²) in [6.45, 7) is 3.34. The Morgan fingerprint density at radius 3 is 2.67 bits per heavy atom. The molecule has 1 aromatic carbocycles. The molecule has 0 saturated heterocycles. The van der Waals surface area contributed by atoms with Crippen LogP contribution >= 0.6 is 23.8 Å². The monoisotopic (exact) mass is 332 g/mol. The van der Waals surface area contributed by atoms with Gasteiger partial charge in [0.1, 0.15) is 0 Å². The van der Waals surface area contributed by atoms with Crippen molar-refractivity contribution in [3.8, 4) is 11.5 Å².